The van der Waals surface area contributed by atoms with Gasteiger partial charge in [0, 0.05) is 23.7 Å². The molecule has 0 spiro atoms. The molecule has 0 saturated carbocycles. The smallest absolute Gasteiger partial charge is 0.149 e. The first kappa shape index (κ1) is 19.3. The Kier molecular flexibility index (Phi) is 7.62. The molecule has 2 aromatic carbocycles. The molecule has 2 atom stereocenters. The maximum Gasteiger partial charge on any atom is 0.149 e. The van der Waals surface area contributed by atoms with Gasteiger partial charge in [-0.15, -0.1) is 0 Å². The van der Waals surface area contributed by atoms with Crippen LogP contribution in [0.4, 0.5) is 0 Å². The summed E-state index contributed by atoms with van der Waals surface area (Å²) in [5.41, 5.74) is 15.4. The Morgan fingerprint density at radius 1 is 0.750 bits per heavy atom. The van der Waals surface area contributed by atoms with Gasteiger partial charge < -0.3 is 11.5 Å². The minimum Gasteiger partial charge on any atom is -0.326 e. The van der Waals surface area contributed by atoms with Gasteiger partial charge >= 0.3 is 0 Å². The standard InChI is InChI=1S/C19H22Br2N2O/c20-9-17(15-5-1-13(11-22)2-6-15)19(24)18(10-21)16-7-3-14(12-23)4-8-16/h1-8,17-18H,9-12,22-23H2. The molecular formula is C19H22Br2N2O. The molecule has 4 N–H and O–H groups in total. The average molecular weight is 454 g/mol. The second kappa shape index (κ2) is 9.47. The quantitative estimate of drug-likeness (QED) is 0.596. The first-order chi connectivity index (χ1) is 11.6. The summed E-state index contributed by atoms with van der Waals surface area (Å²) >= 11 is 7.01. The molecule has 0 fully saturated rings. The third-order valence-electron chi connectivity index (χ3n) is 4.23. The highest BCUT2D eigenvalue weighted by Crippen LogP contribution is 2.30. The Hall–Kier alpha value is -1.01. The van der Waals surface area contributed by atoms with Gasteiger partial charge in [0.1, 0.15) is 5.78 Å². The lowest BCUT2D eigenvalue weighted by Gasteiger charge is -2.21. The lowest BCUT2D eigenvalue weighted by molar-refractivity contribution is -0.121. The zero-order valence-corrected chi connectivity index (χ0v) is 16.6. The molecule has 0 aliphatic rings. The first-order valence-electron chi connectivity index (χ1n) is 7.88. The van der Waals surface area contributed by atoms with Crippen LogP contribution in [-0.4, -0.2) is 16.4 Å². The molecule has 0 radical (unpaired) electrons. The number of nitrogens with two attached hydrogens (primary N) is 2. The number of Topliss-reactive ketones (excluding diaryl/α,β-unsaturated/α-hetero) is 1. The fourth-order valence-electron chi connectivity index (χ4n) is 2.67. The Morgan fingerprint density at radius 3 is 1.33 bits per heavy atom. The van der Waals surface area contributed by atoms with Crippen molar-refractivity contribution in [2.75, 3.05) is 10.7 Å². The van der Waals surface area contributed by atoms with Gasteiger partial charge in [-0.05, 0) is 22.3 Å². The van der Waals surface area contributed by atoms with Gasteiger partial charge in [0.15, 0.2) is 0 Å². The second-order valence-electron chi connectivity index (χ2n) is 5.71. The molecule has 5 heteroatoms. The van der Waals surface area contributed by atoms with Gasteiger partial charge in [-0.1, -0.05) is 80.4 Å². The van der Waals surface area contributed by atoms with Crippen molar-refractivity contribution in [2.45, 2.75) is 24.9 Å². The summed E-state index contributed by atoms with van der Waals surface area (Å²) in [5.74, 6) is -0.174. The molecule has 2 unspecified atom stereocenters. The van der Waals surface area contributed by atoms with E-state index in [1.165, 1.54) is 0 Å². The number of hydrogen-bond donors (Lipinski definition) is 2. The van der Waals surface area contributed by atoms with E-state index in [2.05, 4.69) is 31.9 Å². The average Bonchev–Trinajstić information content (AvgIpc) is 2.64. The lowest BCUT2D eigenvalue weighted by Crippen LogP contribution is -2.23. The summed E-state index contributed by atoms with van der Waals surface area (Å²) in [6.07, 6.45) is 0. The maximum atomic E-state index is 13.1. The van der Waals surface area contributed by atoms with Crippen LogP contribution in [0.1, 0.15) is 34.1 Å². The molecule has 2 rings (SSSR count). The molecular weight excluding hydrogens is 432 g/mol. The van der Waals surface area contributed by atoms with Crippen LogP contribution in [0.2, 0.25) is 0 Å². The number of halogens is 2. The van der Waals surface area contributed by atoms with Gasteiger partial charge in [-0.25, -0.2) is 0 Å². The summed E-state index contributed by atoms with van der Waals surface area (Å²) in [4.78, 5) is 13.1. The van der Waals surface area contributed by atoms with E-state index in [1.54, 1.807) is 0 Å². The Bertz CT molecular complexity index is 599. The van der Waals surface area contributed by atoms with Crippen molar-refractivity contribution in [3.05, 3.63) is 70.8 Å². The summed E-state index contributed by atoms with van der Waals surface area (Å²) in [6.45, 7) is 1.01. The molecule has 0 bridgehead atoms. The Balaban J connectivity index is 2.25. The number of hydrogen-bond acceptors (Lipinski definition) is 3. The SMILES string of the molecule is NCc1ccc(C(CBr)C(=O)C(CBr)c2ccc(CN)cc2)cc1. The number of rotatable bonds is 8. The molecule has 3 nitrogen and oxygen atoms in total. The van der Waals surface area contributed by atoms with Gasteiger partial charge in [-0.2, -0.15) is 0 Å². The van der Waals surface area contributed by atoms with Crippen molar-refractivity contribution < 1.29 is 4.79 Å². The number of carbonyl (C=O) groups is 1. The van der Waals surface area contributed by atoms with E-state index in [4.69, 9.17) is 11.5 Å². The minimum absolute atomic E-state index is 0.187. The predicted molar refractivity (Wildman–Crippen MR) is 107 cm³/mol. The topological polar surface area (TPSA) is 69.1 Å². The summed E-state index contributed by atoms with van der Waals surface area (Å²) in [7, 11) is 0. The monoisotopic (exact) mass is 452 g/mol. The van der Waals surface area contributed by atoms with E-state index in [-0.39, 0.29) is 17.6 Å². The molecule has 2 aromatic rings. The lowest BCUT2D eigenvalue weighted by atomic mass is 9.85. The van der Waals surface area contributed by atoms with Gasteiger partial charge in [0.25, 0.3) is 0 Å². The molecule has 24 heavy (non-hydrogen) atoms. The normalized spacial score (nSPS) is 13.5. The van der Waals surface area contributed by atoms with E-state index in [1.807, 2.05) is 48.5 Å². The van der Waals surface area contributed by atoms with E-state index in [0.29, 0.717) is 23.7 Å². The summed E-state index contributed by atoms with van der Waals surface area (Å²) in [5, 5.41) is 1.19. The fourth-order valence-corrected chi connectivity index (χ4v) is 4.06. The zero-order valence-electron chi connectivity index (χ0n) is 13.4. The molecule has 0 saturated heterocycles. The zero-order chi connectivity index (χ0) is 17.5. The predicted octanol–water partition coefficient (Wildman–Crippen LogP) is 3.83. The minimum atomic E-state index is -0.187. The molecule has 128 valence electrons. The van der Waals surface area contributed by atoms with Crippen LogP contribution in [0.15, 0.2) is 48.5 Å². The van der Waals surface area contributed by atoms with Crippen molar-refractivity contribution >= 4 is 37.6 Å². The van der Waals surface area contributed by atoms with Crippen LogP contribution in [0.3, 0.4) is 0 Å². The first-order valence-corrected chi connectivity index (χ1v) is 10.1. The highest BCUT2D eigenvalue weighted by molar-refractivity contribution is 9.09. The van der Waals surface area contributed by atoms with Crippen molar-refractivity contribution in [1.29, 1.82) is 0 Å². The van der Waals surface area contributed by atoms with Crippen LogP contribution in [0, 0.1) is 0 Å². The summed E-state index contributed by atoms with van der Waals surface area (Å²) in [6, 6.07) is 15.9. The number of benzene rings is 2. The highest BCUT2D eigenvalue weighted by atomic mass is 79.9. The van der Waals surface area contributed by atoms with Gasteiger partial charge in [-0.3, -0.25) is 4.79 Å². The van der Waals surface area contributed by atoms with E-state index in [9.17, 15) is 4.79 Å². The van der Waals surface area contributed by atoms with E-state index >= 15 is 0 Å². The fraction of sp³-hybridized carbons (Fsp3) is 0.316. The molecule has 0 heterocycles. The molecule has 0 aliphatic carbocycles. The Labute approximate surface area is 160 Å². The van der Waals surface area contributed by atoms with Gasteiger partial charge in [0.2, 0.25) is 0 Å². The second-order valence-corrected chi connectivity index (χ2v) is 7.00. The van der Waals surface area contributed by atoms with Crippen LogP contribution in [0.5, 0.6) is 0 Å². The molecule has 0 amide bonds. The van der Waals surface area contributed by atoms with Crippen LogP contribution in [-0.2, 0) is 17.9 Å². The highest BCUT2D eigenvalue weighted by Gasteiger charge is 2.28. The van der Waals surface area contributed by atoms with Crippen molar-refractivity contribution in [3.63, 3.8) is 0 Å². The summed E-state index contributed by atoms with van der Waals surface area (Å²) < 4.78 is 0. The number of alkyl halides is 2. The van der Waals surface area contributed by atoms with Crippen LogP contribution < -0.4 is 11.5 Å². The largest absolute Gasteiger partial charge is 0.326 e. The van der Waals surface area contributed by atoms with Crippen molar-refractivity contribution in [1.82, 2.24) is 0 Å². The maximum absolute atomic E-state index is 13.1. The number of carbonyl (C=O) groups excluding carboxylic acids is 1. The van der Waals surface area contributed by atoms with Crippen LogP contribution in [0.25, 0.3) is 0 Å². The third kappa shape index (κ3) is 4.54. The van der Waals surface area contributed by atoms with Crippen molar-refractivity contribution in [2.24, 2.45) is 11.5 Å². The Morgan fingerprint density at radius 2 is 1.08 bits per heavy atom. The molecule has 0 aliphatic heterocycles. The number of ketones is 1. The third-order valence-corrected chi connectivity index (χ3v) is 5.53. The van der Waals surface area contributed by atoms with Crippen molar-refractivity contribution in [3.8, 4) is 0 Å². The van der Waals surface area contributed by atoms with E-state index < -0.39 is 0 Å². The van der Waals surface area contributed by atoms with Gasteiger partial charge in [0.05, 0.1) is 11.8 Å². The van der Waals surface area contributed by atoms with E-state index in [0.717, 1.165) is 22.3 Å². The van der Waals surface area contributed by atoms with Crippen LogP contribution >= 0.6 is 31.9 Å². The molecule has 0 aromatic heterocycles.